The van der Waals surface area contributed by atoms with Gasteiger partial charge >= 0.3 is 24.2 Å². The standard InChI is InChI=1S/C37H34O8.C13H10O2/c1-23(38)41-25-12-9-13-26(18-25)43-34(40)45-28-15-17-30-32(20-28)36(4,5)22-37(30)21-35(2,3)31-19-27(14-16-29(31)37)44-33(39)42-24-10-7-6-8-11-24;14-13(11-7-3-1-4-8-11)15-12-9-5-2-6-10-12/h6-20H,21-22H2,1-5H3;1-10H. The number of fused-ring (bicyclic) bond motifs is 4. The number of hydrogen-bond acceptors (Lipinski definition) is 10. The number of para-hydroxylation sites is 2. The molecule has 0 heterocycles. The molecule has 0 aliphatic heterocycles. The third kappa shape index (κ3) is 9.23. The maximum atomic E-state index is 12.7. The van der Waals surface area contributed by atoms with Crippen molar-refractivity contribution in [1.29, 1.82) is 0 Å². The lowest BCUT2D eigenvalue weighted by Gasteiger charge is -2.30. The van der Waals surface area contributed by atoms with Gasteiger partial charge in [0.25, 0.3) is 0 Å². The number of hydrogen-bond donors (Lipinski definition) is 0. The maximum absolute atomic E-state index is 12.7. The highest BCUT2D eigenvalue weighted by Crippen LogP contribution is 2.63. The van der Waals surface area contributed by atoms with Crippen LogP contribution >= 0.6 is 0 Å². The van der Waals surface area contributed by atoms with Gasteiger partial charge in [0, 0.05) is 18.4 Å². The summed E-state index contributed by atoms with van der Waals surface area (Å²) in [5.74, 6) is 1.43. The van der Waals surface area contributed by atoms with E-state index in [1.54, 1.807) is 72.8 Å². The Morgan fingerprint density at radius 3 is 1.25 bits per heavy atom. The molecule has 8 rings (SSSR count). The van der Waals surface area contributed by atoms with Crippen molar-refractivity contribution in [1.82, 2.24) is 0 Å². The molecule has 0 bridgehead atoms. The smallest absolute Gasteiger partial charge is 0.427 e. The van der Waals surface area contributed by atoms with Crippen LogP contribution in [0.1, 0.15) is 80.1 Å². The van der Waals surface area contributed by atoms with E-state index in [2.05, 4.69) is 33.8 Å². The van der Waals surface area contributed by atoms with Crippen LogP contribution < -0.4 is 28.4 Å². The van der Waals surface area contributed by atoms with Gasteiger partial charge in [0.15, 0.2) is 0 Å². The molecule has 0 N–H and O–H groups in total. The van der Waals surface area contributed by atoms with Gasteiger partial charge in [-0.1, -0.05) is 100 Å². The van der Waals surface area contributed by atoms with Crippen molar-refractivity contribution in [3.05, 3.63) is 179 Å². The van der Waals surface area contributed by atoms with Gasteiger partial charge in [0.1, 0.15) is 34.5 Å². The molecule has 6 aromatic carbocycles. The molecule has 1 unspecified atom stereocenters. The molecule has 10 heteroatoms. The van der Waals surface area contributed by atoms with Crippen molar-refractivity contribution < 1.29 is 47.6 Å². The van der Waals surface area contributed by atoms with E-state index in [9.17, 15) is 19.2 Å². The molecular formula is C50H44O10. The lowest BCUT2D eigenvalue weighted by Crippen LogP contribution is -2.26. The van der Waals surface area contributed by atoms with E-state index in [0.717, 1.165) is 24.0 Å². The zero-order chi connectivity index (χ0) is 42.5. The van der Waals surface area contributed by atoms with Gasteiger partial charge in [0.2, 0.25) is 0 Å². The van der Waals surface area contributed by atoms with Crippen molar-refractivity contribution in [2.75, 3.05) is 0 Å². The van der Waals surface area contributed by atoms with Crippen molar-refractivity contribution in [2.45, 2.75) is 63.7 Å². The fourth-order valence-electron chi connectivity index (χ4n) is 8.33. The third-order valence-corrected chi connectivity index (χ3v) is 10.5. The van der Waals surface area contributed by atoms with E-state index in [1.807, 2.05) is 66.7 Å². The predicted octanol–water partition coefficient (Wildman–Crippen LogP) is 11.3. The van der Waals surface area contributed by atoms with Gasteiger partial charge in [0.05, 0.1) is 5.56 Å². The normalized spacial score (nSPS) is 16.2. The Morgan fingerprint density at radius 2 is 0.783 bits per heavy atom. The van der Waals surface area contributed by atoms with Crippen molar-refractivity contribution in [3.63, 3.8) is 0 Å². The zero-order valence-corrected chi connectivity index (χ0v) is 33.9. The van der Waals surface area contributed by atoms with Crippen LogP contribution in [-0.2, 0) is 21.0 Å². The highest BCUT2D eigenvalue weighted by Gasteiger charge is 2.56. The first-order valence-electron chi connectivity index (χ1n) is 19.5. The number of benzene rings is 6. The summed E-state index contributed by atoms with van der Waals surface area (Å²) in [4.78, 5) is 48.0. The van der Waals surface area contributed by atoms with Crippen LogP contribution in [0.5, 0.6) is 34.5 Å². The Balaban J connectivity index is 0.000000304. The van der Waals surface area contributed by atoms with Gasteiger partial charge in [-0.3, -0.25) is 4.79 Å². The highest BCUT2D eigenvalue weighted by atomic mass is 16.7. The predicted molar refractivity (Wildman–Crippen MR) is 224 cm³/mol. The minimum atomic E-state index is -0.897. The summed E-state index contributed by atoms with van der Waals surface area (Å²) >= 11 is 0. The molecule has 2 aliphatic rings. The van der Waals surface area contributed by atoms with E-state index >= 15 is 0 Å². The number of carbonyl (C=O) groups excluding carboxylic acids is 4. The van der Waals surface area contributed by atoms with E-state index in [0.29, 0.717) is 28.6 Å². The van der Waals surface area contributed by atoms with Crippen LogP contribution in [0.2, 0.25) is 0 Å². The van der Waals surface area contributed by atoms with Gasteiger partial charge in [-0.15, -0.1) is 0 Å². The van der Waals surface area contributed by atoms with E-state index < -0.39 is 18.3 Å². The first-order valence-corrected chi connectivity index (χ1v) is 19.5. The van der Waals surface area contributed by atoms with E-state index in [-0.39, 0.29) is 33.7 Å². The Morgan fingerprint density at radius 1 is 0.400 bits per heavy atom. The Labute approximate surface area is 348 Å². The molecule has 60 heavy (non-hydrogen) atoms. The summed E-state index contributed by atoms with van der Waals surface area (Å²) in [6.45, 7) is 10.1. The fraction of sp³-hybridized carbons (Fsp3) is 0.200. The molecule has 304 valence electrons. The highest BCUT2D eigenvalue weighted by molar-refractivity contribution is 5.91. The average molecular weight is 805 g/mol. The monoisotopic (exact) mass is 804 g/mol. The molecule has 0 amide bonds. The summed E-state index contributed by atoms with van der Waals surface area (Å²) in [5.41, 5.74) is 4.47. The first kappa shape index (κ1) is 41.0. The number of rotatable bonds is 7. The molecule has 1 spiro atoms. The number of carbonyl (C=O) groups is 4. The van der Waals surface area contributed by atoms with E-state index in [4.69, 9.17) is 28.4 Å². The minimum absolute atomic E-state index is 0.195. The molecule has 0 saturated carbocycles. The lowest BCUT2D eigenvalue weighted by atomic mass is 9.72. The molecular weight excluding hydrogens is 761 g/mol. The molecule has 10 nitrogen and oxygen atoms in total. The lowest BCUT2D eigenvalue weighted by molar-refractivity contribution is -0.131. The quantitative estimate of drug-likeness (QED) is 0.0875. The molecule has 6 aromatic rings. The maximum Gasteiger partial charge on any atom is 0.519 e. The molecule has 1 atom stereocenters. The molecule has 2 aliphatic carbocycles. The Kier molecular flexibility index (Phi) is 11.6. The van der Waals surface area contributed by atoms with Crippen molar-refractivity contribution in [3.8, 4) is 34.5 Å². The largest absolute Gasteiger partial charge is 0.519 e. The summed E-state index contributed by atoms with van der Waals surface area (Å²) in [5, 5.41) is 0. The second kappa shape index (κ2) is 17.0. The SMILES string of the molecule is CC(=O)Oc1cccc(OC(=O)Oc2ccc3c(c2)C(C)(C)CC32CC(C)(C)c3cc(OC(=O)Oc4ccccc4)ccc32)c1.O=C(Oc1ccccc1)c1ccccc1. The van der Waals surface area contributed by atoms with Crippen LogP contribution in [0, 0.1) is 0 Å². The average Bonchev–Trinajstić information content (AvgIpc) is 3.57. The Bertz CT molecular complexity index is 2530. The molecule has 0 saturated heterocycles. The van der Waals surface area contributed by atoms with Gasteiger partial charge in [-0.05, 0) is 119 Å². The summed E-state index contributed by atoms with van der Waals surface area (Å²) in [6, 6.07) is 44.6. The van der Waals surface area contributed by atoms with Crippen molar-refractivity contribution >= 4 is 24.2 Å². The third-order valence-electron chi connectivity index (χ3n) is 10.5. The van der Waals surface area contributed by atoms with Crippen LogP contribution in [0.25, 0.3) is 0 Å². The van der Waals surface area contributed by atoms with Crippen LogP contribution in [-0.4, -0.2) is 24.2 Å². The summed E-state index contributed by atoms with van der Waals surface area (Å²) < 4.78 is 32.1. The second-order valence-electron chi connectivity index (χ2n) is 16.0. The zero-order valence-electron chi connectivity index (χ0n) is 33.9. The van der Waals surface area contributed by atoms with Crippen LogP contribution in [0.4, 0.5) is 9.59 Å². The molecule has 0 aromatic heterocycles. The van der Waals surface area contributed by atoms with E-state index in [1.165, 1.54) is 24.1 Å². The fourth-order valence-corrected chi connectivity index (χ4v) is 8.33. The second-order valence-corrected chi connectivity index (χ2v) is 16.0. The van der Waals surface area contributed by atoms with Crippen LogP contribution in [0.3, 0.4) is 0 Å². The summed E-state index contributed by atoms with van der Waals surface area (Å²) in [7, 11) is 0. The Hall–Kier alpha value is -7.20. The van der Waals surface area contributed by atoms with Gasteiger partial charge < -0.3 is 28.4 Å². The molecule has 0 fully saturated rings. The van der Waals surface area contributed by atoms with Crippen LogP contribution in [0.15, 0.2) is 152 Å². The number of esters is 2. The summed E-state index contributed by atoms with van der Waals surface area (Å²) in [6.07, 6.45) is 0.0389. The number of ether oxygens (including phenoxy) is 6. The van der Waals surface area contributed by atoms with Crippen molar-refractivity contribution in [2.24, 2.45) is 0 Å². The van der Waals surface area contributed by atoms with Gasteiger partial charge in [-0.25, -0.2) is 14.4 Å². The van der Waals surface area contributed by atoms with Gasteiger partial charge in [-0.2, -0.15) is 0 Å². The topological polar surface area (TPSA) is 124 Å². The molecule has 0 radical (unpaired) electrons. The first-order chi connectivity index (χ1) is 28.7. The minimum Gasteiger partial charge on any atom is -0.427 e.